The van der Waals surface area contributed by atoms with Crippen LogP contribution >= 0.6 is 11.8 Å². The number of rotatable bonds is 8. The van der Waals surface area contributed by atoms with Gasteiger partial charge in [0.15, 0.2) is 5.16 Å². The summed E-state index contributed by atoms with van der Waals surface area (Å²) >= 11 is 1.14. The predicted octanol–water partition coefficient (Wildman–Crippen LogP) is 2.08. The Labute approximate surface area is 156 Å². The number of nitriles is 1. The molecule has 0 atom stereocenters. The number of hydrogen-bond donors (Lipinski definition) is 2. The minimum absolute atomic E-state index is 0.0987. The van der Waals surface area contributed by atoms with E-state index in [9.17, 15) is 4.79 Å². The molecule has 0 aliphatic rings. The van der Waals surface area contributed by atoms with Crippen molar-refractivity contribution in [3.63, 3.8) is 0 Å². The summed E-state index contributed by atoms with van der Waals surface area (Å²) in [4.78, 5) is 22.3. The zero-order chi connectivity index (χ0) is 18.9. The van der Waals surface area contributed by atoms with Crippen LogP contribution in [0.1, 0.15) is 13.3 Å². The Morgan fingerprint density at radius 1 is 1.27 bits per heavy atom. The Hall–Kier alpha value is -2.99. The molecule has 1 aromatic carbocycles. The van der Waals surface area contributed by atoms with E-state index in [-0.39, 0.29) is 29.7 Å². The fourth-order valence-electron chi connectivity index (χ4n) is 2.18. The lowest BCUT2D eigenvalue weighted by atomic mass is 10.2. The fourth-order valence-corrected chi connectivity index (χ4v) is 2.93. The van der Waals surface area contributed by atoms with Gasteiger partial charge in [-0.1, -0.05) is 11.8 Å². The van der Waals surface area contributed by atoms with Crippen molar-refractivity contribution < 1.29 is 9.53 Å². The zero-order valence-electron chi connectivity index (χ0n) is 14.4. The molecule has 4 N–H and O–H groups in total. The van der Waals surface area contributed by atoms with Gasteiger partial charge >= 0.3 is 0 Å². The molecule has 0 bridgehead atoms. The van der Waals surface area contributed by atoms with Crippen LogP contribution in [-0.4, -0.2) is 34.8 Å². The number of carbonyl (C=O) groups excluding carboxylic acids is 1. The second-order valence-electron chi connectivity index (χ2n) is 5.17. The number of hydrogen-bond acceptors (Lipinski definition) is 8. The summed E-state index contributed by atoms with van der Waals surface area (Å²) in [6.07, 6.45) is 0.228. The molecule has 0 fully saturated rings. The molecule has 0 radical (unpaired) electrons. The van der Waals surface area contributed by atoms with Crippen molar-refractivity contribution in [2.24, 2.45) is 0 Å². The molecule has 1 aromatic heterocycles. The van der Waals surface area contributed by atoms with Crippen molar-refractivity contribution in [1.82, 2.24) is 9.97 Å². The van der Waals surface area contributed by atoms with E-state index < -0.39 is 0 Å². The molecule has 1 amide bonds. The van der Waals surface area contributed by atoms with Crippen molar-refractivity contribution in [2.45, 2.75) is 18.5 Å². The van der Waals surface area contributed by atoms with E-state index in [2.05, 4.69) is 16.0 Å². The van der Waals surface area contributed by atoms with Crippen LogP contribution in [0.25, 0.3) is 0 Å². The van der Waals surface area contributed by atoms with Gasteiger partial charge in [-0.15, -0.1) is 0 Å². The molecular weight excluding hydrogens is 352 g/mol. The molecule has 0 saturated heterocycles. The lowest BCUT2D eigenvalue weighted by Gasteiger charge is -2.22. The highest BCUT2D eigenvalue weighted by molar-refractivity contribution is 7.99. The summed E-state index contributed by atoms with van der Waals surface area (Å²) < 4.78 is 5.41. The number of ether oxygens (including phenoxy) is 1. The third-order valence-electron chi connectivity index (χ3n) is 3.28. The third kappa shape index (κ3) is 5.53. The minimum atomic E-state index is -0.168. The van der Waals surface area contributed by atoms with E-state index in [0.29, 0.717) is 24.0 Å². The zero-order valence-corrected chi connectivity index (χ0v) is 15.2. The monoisotopic (exact) mass is 372 g/mol. The molecule has 9 heteroatoms. The number of carbonyl (C=O) groups is 1. The maximum absolute atomic E-state index is 12.6. The Morgan fingerprint density at radius 2 is 1.92 bits per heavy atom. The van der Waals surface area contributed by atoms with E-state index >= 15 is 0 Å². The topological polar surface area (TPSA) is 131 Å². The van der Waals surface area contributed by atoms with Gasteiger partial charge in [0.05, 0.1) is 24.8 Å². The van der Waals surface area contributed by atoms with Crippen LogP contribution in [0.4, 0.5) is 17.3 Å². The molecule has 1 heterocycles. The number of nitrogen functional groups attached to an aromatic ring is 2. The van der Waals surface area contributed by atoms with Crippen molar-refractivity contribution in [3.8, 4) is 11.8 Å². The van der Waals surface area contributed by atoms with Gasteiger partial charge in [0.1, 0.15) is 17.4 Å². The predicted molar refractivity (Wildman–Crippen MR) is 102 cm³/mol. The van der Waals surface area contributed by atoms with Gasteiger partial charge in [0, 0.05) is 18.3 Å². The summed E-state index contributed by atoms with van der Waals surface area (Å²) in [6.45, 7) is 2.76. The molecule has 8 nitrogen and oxygen atoms in total. The molecule has 0 saturated carbocycles. The SMILES string of the molecule is CCOc1ccc(N(CCC#N)C(=O)CSc2nc(N)cc(N)n2)cc1. The van der Waals surface area contributed by atoms with Crippen LogP contribution in [0.5, 0.6) is 5.75 Å². The first kappa shape index (κ1) is 19.3. The number of amides is 1. The molecular formula is C17H20N6O2S. The number of aromatic nitrogens is 2. The summed E-state index contributed by atoms with van der Waals surface area (Å²) in [6, 6.07) is 10.7. The van der Waals surface area contributed by atoms with Gasteiger partial charge in [-0.25, -0.2) is 9.97 Å². The summed E-state index contributed by atoms with van der Waals surface area (Å²) in [5.41, 5.74) is 12.0. The van der Waals surface area contributed by atoms with Crippen molar-refractivity contribution in [2.75, 3.05) is 35.3 Å². The fraction of sp³-hybridized carbons (Fsp3) is 0.294. The van der Waals surface area contributed by atoms with E-state index in [0.717, 1.165) is 17.5 Å². The Bertz CT molecular complexity index is 771. The van der Waals surface area contributed by atoms with Crippen LogP contribution in [0.3, 0.4) is 0 Å². The first-order chi connectivity index (χ1) is 12.5. The van der Waals surface area contributed by atoms with Crippen molar-refractivity contribution in [3.05, 3.63) is 30.3 Å². The Kier molecular flexibility index (Phi) is 7.05. The number of thioether (sulfide) groups is 1. The molecule has 2 aromatic rings. The number of benzene rings is 1. The van der Waals surface area contributed by atoms with Gasteiger partial charge in [-0.2, -0.15) is 5.26 Å². The smallest absolute Gasteiger partial charge is 0.237 e. The molecule has 2 rings (SSSR count). The van der Waals surface area contributed by atoms with Gasteiger partial charge in [-0.3, -0.25) is 4.79 Å². The van der Waals surface area contributed by atoms with Crippen molar-refractivity contribution in [1.29, 1.82) is 5.26 Å². The normalized spacial score (nSPS) is 10.2. The third-order valence-corrected chi connectivity index (χ3v) is 4.11. The minimum Gasteiger partial charge on any atom is -0.494 e. The summed E-state index contributed by atoms with van der Waals surface area (Å²) in [5, 5.41) is 9.20. The molecule has 0 unspecified atom stereocenters. The highest BCUT2D eigenvalue weighted by atomic mass is 32.2. The second-order valence-corrected chi connectivity index (χ2v) is 6.11. The summed E-state index contributed by atoms with van der Waals surface area (Å²) in [5.74, 6) is 1.16. The van der Waals surface area contributed by atoms with E-state index in [4.69, 9.17) is 21.5 Å². The van der Waals surface area contributed by atoms with Crippen LogP contribution < -0.4 is 21.1 Å². The highest BCUT2D eigenvalue weighted by Crippen LogP contribution is 2.22. The Morgan fingerprint density at radius 3 is 2.50 bits per heavy atom. The lowest BCUT2D eigenvalue weighted by molar-refractivity contribution is -0.116. The maximum Gasteiger partial charge on any atom is 0.237 e. The molecule has 0 aliphatic heterocycles. The van der Waals surface area contributed by atoms with Gasteiger partial charge in [0.25, 0.3) is 0 Å². The second kappa shape index (κ2) is 9.48. The number of nitrogens with two attached hydrogens (primary N) is 2. The van der Waals surface area contributed by atoms with Crippen LogP contribution in [0.15, 0.2) is 35.5 Å². The van der Waals surface area contributed by atoms with Crippen molar-refractivity contribution >= 4 is 35.0 Å². The van der Waals surface area contributed by atoms with E-state index in [1.54, 1.807) is 29.2 Å². The average molecular weight is 372 g/mol. The largest absolute Gasteiger partial charge is 0.494 e. The average Bonchev–Trinajstić information content (AvgIpc) is 2.61. The molecule has 0 spiro atoms. The van der Waals surface area contributed by atoms with Crippen LogP contribution in [-0.2, 0) is 4.79 Å². The maximum atomic E-state index is 12.6. The highest BCUT2D eigenvalue weighted by Gasteiger charge is 2.17. The molecule has 26 heavy (non-hydrogen) atoms. The standard InChI is InChI=1S/C17H20N6O2S/c1-2-25-13-6-4-12(5-7-13)23(9-3-8-18)16(24)11-26-17-21-14(19)10-15(20)22-17/h4-7,10H,2-3,9,11H2,1H3,(H4,19,20,21,22). The molecule has 0 aliphatic carbocycles. The summed E-state index contributed by atoms with van der Waals surface area (Å²) in [7, 11) is 0. The quantitative estimate of drug-likeness (QED) is 0.532. The van der Waals surface area contributed by atoms with E-state index in [1.807, 2.05) is 6.92 Å². The van der Waals surface area contributed by atoms with Gasteiger partial charge in [-0.05, 0) is 31.2 Å². The lowest BCUT2D eigenvalue weighted by Crippen LogP contribution is -2.33. The number of anilines is 3. The van der Waals surface area contributed by atoms with Gasteiger partial charge in [0.2, 0.25) is 5.91 Å². The first-order valence-electron chi connectivity index (χ1n) is 7.96. The Balaban J connectivity index is 2.09. The number of nitrogens with zero attached hydrogens (tertiary/aromatic N) is 4. The molecule has 136 valence electrons. The van der Waals surface area contributed by atoms with E-state index in [1.165, 1.54) is 6.07 Å². The van der Waals surface area contributed by atoms with Gasteiger partial charge < -0.3 is 21.1 Å². The van der Waals surface area contributed by atoms with Crippen LogP contribution in [0, 0.1) is 11.3 Å². The van der Waals surface area contributed by atoms with Crippen LogP contribution in [0.2, 0.25) is 0 Å². The first-order valence-corrected chi connectivity index (χ1v) is 8.95.